The van der Waals surface area contributed by atoms with Crippen molar-refractivity contribution in [2.24, 2.45) is 0 Å². The van der Waals surface area contributed by atoms with E-state index in [9.17, 15) is 14.4 Å². The topological polar surface area (TPSA) is 112 Å². The Bertz CT molecular complexity index is 1180. The van der Waals surface area contributed by atoms with E-state index in [1.54, 1.807) is 43.3 Å². The molecule has 0 aliphatic carbocycles. The van der Waals surface area contributed by atoms with E-state index in [1.165, 1.54) is 11.8 Å². The lowest BCUT2D eigenvalue weighted by Crippen LogP contribution is -2.37. The largest absolute Gasteiger partial charge is 0.497 e. The fourth-order valence-corrected chi connectivity index (χ4v) is 3.39. The minimum absolute atomic E-state index is 0.0270. The van der Waals surface area contributed by atoms with Gasteiger partial charge >= 0.3 is 12.0 Å². The van der Waals surface area contributed by atoms with Crippen molar-refractivity contribution in [3.05, 3.63) is 75.5 Å². The van der Waals surface area contributed by atoms with Crippen LogP contribution in [0.15, 0.2) is 48.5 Å². The molecule has 9 nitrogen and oxygen atoms in total. The summed E-state index contributed by atoms with van der Waals surface area (Å²) < 4.78 is 11.5. The van der Waals surface area contributed by atoms with Crippen molar-refractivity contribution in [1.82, 2.24) is 15.1 Å². The zero-order valence-electron chi connectivity index (χ0n) is 17.7. The maximum atomic E-state index is 12.5. The number of amides is 3. The molecule has 0 aliphatic heterocycles. The Kier molecular flexibility index (Phi) is 7.92. The molecule has 0 aliphatic rings. The van der Waals surface area contributed by atoms with E-state index >= 15 is 0 Å². The minimum Gasteiger partial charge on any atom is -0.497 e. The van der Waals surface area contributed by atoms with E-state index in [2.05, 4.69) is 15.7 Å². The van der Waals surface area contributed by atoms with Crippen LogP contribution in [0.25, 0.3) is 0 Å². The van der Waals surface area contributed by atoms with Crippen LogP contribution in [0.1, 0.15) is 21.6 Å². The number of anilines is 1. The molecule has 0 fully saturated rings. The number of aromatic nitrogens is 2. The predicted molar refractivity (Wildman–Crippen MR) is 123 cm³/mol. The van der Waals surface area contributed by atoms with Crippen molar-refractivity contribution >= 4 is 46.8 Å². The van der Waals surface area contributed by atoms with Crippen LogP contribution in [0.4, 0.5) is 10.5 Å². The molecule has 0 bridgehead atoms. The predicted octanol–water partition coefficient (Wildman–Crippen LogP) is 4.06. The number of carbonyl (C=O) groups excluding carboxylic acids is 3. The van der Waals surface area contributed by atoms with E-state index < -0.39 is 24.5 Å². The molecule has 11 heteroatoms. The van der Waals surface area contributed by atoms with Crippen LogP contribution in [0, 0.1) is 6.92 Å². The van der Waals surface area contributed by atoms with Crippen LogP contribution in [0.5, 0.6) is 5.75 Å². The molecule has 1 heterocycles. The number of imide groups is 1. The van der Waals surface area contributed by atoms with Crippen molar-refractivity contribution in [2.45, 2.75) is 13.5 Å². The number of esters is 1. The third kappa shape index (κ3) is 6.24. The normalized spacial score (nSPS) is 10.4. The Labute approximate surface area is 199 Å². The van der Waals surface area contributed by atoms with Gasteiger partial charge in [0, 0.05) is 10.7 Å². The number of nitrogens with one attached hydrogen (secondary N) is 2. The Balaban J connectivity index is 1.55. The maximum absolute atomic E-state index is 12.5. The van der Waals surface area contributed by atoms with Crippen LogP contribution in [-0.4, -0.2) is 41.4 Å². The van der Waals surface area contributed by atoms with Crippen molar-refractivity contribution in [2.75, 3.05) is 19.0 Å². The highest BCUT2D eigenvalue weighted by atomic mass is 35.5. The number of nitrogens with zero attached hydrogens (tertiary/aromatic N) is 2. The van der Waals surface area contributed by atoms with Crippen molar-refractivity contribution < 1.29 is 23.9 Å². The van der Waals surface area contributed by atoms with Gasteiger partial charge < -0.3 is 14.8 Å². The monoisotopic (exact) mass is 490 g/mol. The molecular weight excluding hydrogens is 471 g/mol. The number of rotatable bonds is 7. The average molecular weight is 491 g/mol. The first-order valence-corrected chi connectivity index (χ1v) is 10.4. The van der Waals surface area contributed by atoms with Gasteiger partial charge in [-0.05, 0) is 42.8 Å². The smallest absolute Gasteiger partial charge is 0.343 e. The second kappa shape index (κ2) is 10.8. The van der Waals surface area contributed by atoms with Crippen LogP contribution in [-0.2, 0) is 16.1 Å². The van der Waals surface area contributed by atoms with Crippen LogP contribution in [0.3, 0.4) is 0 Å². The lowest BCUT2D eigenvalue weighted by molar-refractivity contribution is -0.123. The highest BCUT2D eigenvalue weighted by Crippen LogP contribution is 2.24. The summed E-state index contributed by atoms with van der Waals surface area (Å²) in [6.45, 7) is 1.16. The van der Waals surface area contributed by atoms with E-state index in [0.29, 0.717) is 22.2 Å². The van der Waals surface area contributed by atoms with E-state index in [0.717, 1.165) is 5.56 Å². The molecule has 172 valence electrons. The molecule has 3 aromatic rings. The lowest BCUT2D eigenvalue weighted by Gasteiger charge is -2.08. The second-order valence-electron chi connectivity index (χ2n) is 6.81. The lowest BCUT2D eigenvalue weighted by atomic mass is 10.2. The summed E-state index contributed by atoms with van der Waals surface area (Å²) >= 11 is 12.5. The number of hydrogen-bond donors (Lipinski definition) is 2. The van der Waals surface area contributed by atoms with E-state index in [4.69, 9.17) is 32.7 Å². The first-order chi connectivity index (χ1) is 15.8. The van der Waals surface area contributed by atoms with Crippen molar-refractivity contribution in [3.8, 4) is 5.75 Å². The summed E-state index contributed by atoms with van der Waals surface area (Å²) in [5, 5.41) is 9.39. The third-order valence-corrected chi connectivity index (χ3v) is 5.24. The van der Waals surface area contributed by atoms with E-state index in [1.807, 2.05) is 12.1 Å². The van der Waals surface area contributed by atoms with Crippen LogP contribution in [0.2, 0.25) is 10.2 Å². The fraction of sp³-hybridized carbons (Fsp3) is 0.182. The molecule has 0 atom stereocenters. The average Bonchev–Trinajstić information content (AvgIpc) is 3.07. The van der Waals surface area contributed by atoms with Crippen molar-refractivity contribution in [3.63, 3.8) is 0 Å². The summed E-state index contributed by atoms with van der Waals surface area (Å²) in [5.41, 5.74) is 1.58. The Morgan fingerprint density at radius 1 is 1.06 bits per heavy atom. The first-order valence-electron chi connectivity index (χ1n) is 9.66. The van der Waals surface area contributed by atoms with E-state index in [-0.39, 0.29) is 17.3 Å². The van der Waals surface area contributed by atoms with Gasteiger partial charge in [-0.15, -0.1) is 0 Å². The molecule has 0 saturated carbocycles. The molecule has 2 N–H and O–H groups in total. The Morgan fingerprint density at radius 3 is 2.42 bits per heavy atom. The van der Waals surface area contributed by atoms with Gasteiger partial charge in [-0.2, -0.15) is 5.10 Å². The first kappa shape index (κ1) is 24.1. The van der Waals surface area contributed by atoms with Gasteiger partial charge in [-0.1, -0.05) is 41.4 Å². The van der Waals surface area contributed by atoms with Gasteiger partial charge in [0.2, 0.25) is 0 Å². The van der Waals surface area contributed by atoms with Crippen LogP contribution >= 0.6 is 23.2 Å². The molecule has 0 saturated heterocycles. The quantitative estimate of drug-likeness (QED) is 0.483. The molecule has 0 spiro atoms. The number of benzene rings is 2. The van der Waals surface area contributed by atoms with Gasteiger partial charge in [0.15, 0.2) is 6.61 Å². The van der Waals surface area contributed by atoms with Crippen molar-refractivity contribution in [1.29, 1.82) is 0 Å². The number of ether oxygens (including phenoxy) is 2. The SMILES string of the molecule is COc1ccc(NC(=O)NC(=O)COC(=O)c2c(C)nn(Cc3ccccc3Cl)c2Cl)cc1. The number of hydrogen-bond acceptors (Lipinski definition) is 6. The highest BCUT2D eigenvalue weighted by molar-refractivity contribution is 6.33. The number of urea groups is 1. The Morgan fingerprint density at radius 2 is 1.76 bits per heavy atom. The maximum Gasteiger partial charge on any atom is 0.343 e. The summed E-state index contributed by atoms with van der Waals surface area (Å²) in [6.07, 6.45) is 0. The zero-order chi connectivity index (χ0) is 24.0. The molecule has 0 unspecified atom stereocenters. The molecule has 3 rings (SSSR count). The van der Waals surface area contributed by atoms with Crippen LogP contribution < -0.4 is 15.4 Å². The zero-order valence-corrected chi connectivity index (χ0v) is 19.2. The Hall–Kier alpha value is -3.56. The number of methoxy groups -OCH3 is 1. The standard InChI is InChI=1S/C22H20Cl2N4O5/c1-13-19(20(24)28(27-13)11-14-5-3-4-6-17(14)23)21(30)33-12-18(29)26-22(31)25-15-7-9-16(32-2)10-8-15/h3-10H,11-12H2,1-2H3,(H2,25,26,29,31). The van der Waals surface area contributed by atoms with Gasteiger partial charge in [0.1, 0.15) is 16.5 Å². The van der Waals surface area contributed by atoms with Gasteiger partial charge in [-0.3, -0.25) is 10.1 Å². The third-order valence-electron chi connectivity index (χ3n) is 4.48. The highest BCUT2D eigenvalue weighted by Gasteiger charge is 2.23. The molecular formula is C22H20Cl2N4O5. The molecule has 1 aromatic heterocycles. The molecule has 0 radical (unpaired) electrons. The number of aryl methyl sites for hydroxylation is 1. The molecule has 33 heavy (non-hydrogen) atoms. The van der Waals surface area contributed by atoms with Gasteiger partial charge in [0.05, 0.1) is 19.3 Å². The number of halogens is 2. The summed E-state index contributed by atoms with van der Waals surface area (Å²) in [5.74, 6) is -1.03. The summed E-state index contributed by atoms with van der Waals surface area (Å²) in [4.78, 5) is 36.4. The molecule has 3 amide bonds. The second-order valence-corrected chi connectivity index (χ2v) is 7.57. The summed E-state index contributed by atoms with van der Waals surface area (Å²) in [7, 11) is 1.52. The van der Waals surface area contributed by atoms with Gasteiger partial charge in [-0.25, -0.2) is 14.3 Å². The van der Waals surface area contributed by atoms with Gasteiger partial charge in [0.25, 0.3) is 5.91 Å². The number of carbonyl (C=O) groups is 3. The molecule has 2 aromatic carbocycles. The fourth-order valence-electron chi connectivity index (χ4n) is 2.88. The minimum atomic E-state index is -0.839. The summed E-state index contributed by atoms with van der Waals surface area (Å²) in [6, 6.07) is 12.9.